The minimum absolute atomic E-state index is 0.858. The van der Waals surface area contributed by atoms with Crippen LogP contribution in [0.4, 0.5) is 0 Å². The second-order valence-electron chi connectivity index (χ2n) is 7.06. The molecule has 0 nitrogen and oxygen atoms in total. The van der Waals surface area contributed by atoms with Gasteiger partial charge in [0.25, 0.3) is 0 Å². The monoisotopic (exact) mass is 252 g/mol. The van der Waals surface area contributed by atoms with Crippen LogP contribution in [0.15, 0.2) is 30.4 Å². The molecule has 2 fully saturated rings. The molecule has 1 aromatic carbocycles. The van der Waals surface area contributed by atoms with Crippen LogP contribution in [0, 0.1) is 24.7 Å². The highest BCUT2D eigenvalue weighted by Crippen LogP contribution is 2.56. The second-order valence-corrected chi connectivity index (χ2v) is 7.06. The standard InChI is InChI=1S/C19H24/c1-12-3-6-16-14(11-12)5-8-19-17-7-4-13(2)15(17)9-10-18(16)19/h3,6,11,15,17-19H,2,4-5,7-10H2,1H3. The van der Waals surface area contributed by atoms with Gasteiger partial charge < -0.3 is 0 Å². The molecule has 4 unspecified atom stereocenters. The summed E-state index contributed by atoms with van der Waals surface area (Å²) >= 11 is 0. The number of fused-ring (bicyclic) bond motifs is 5. The first kappa shape index (κ1) is 11.8. The van der Waals surface area contributed by atoms with Crippen LogP contribution in [-0.4, -0.2) is 0 Å². The van der Waals surface area contributed by atoms with E-state index in [2.05, 4.69) is 31.7 Å². The maximum absolute atomic E-state index is 4.33. The fourth-order valence-electron chi connectivity index (χ4n) is 5.28. The summed E-state index contributed by atoms with van der Waals surface area (Å²) in [5.74, 6) is 3.64. The smallest absolute Gasteiger partial charge is 0.0128 e. The van der Waals surface area contributed by atoms with E-state index in [0.717, 1.165) is 23.7 Å². The number of hydrogen-bond donors (Lipinski definition) is 0. The molecule has 19 heavy (non-hydrogen) atoms. The Labute approximate surface area is 116 Å². The zero-order chi connectivity index (χ0) is 13.0. The molecule has 0 bridgehead atoms. The van der Waals surface area contributed by atoms with Crippen molar-refractivity contribution < 1.29 is 0 Å². The summed E-state index contributed by atoms with van der Waals surface area (Å²) in [4.78, 5) is 0. The van der Waals surface area contributed by atoms with Gasteiger partial charge in [-0.2, -0.15) is 0 Å². The molecule has 0 radical (unpaired) electrons. The minimum atomic E-state index is 0.858. The zero-order valence-corrected chi connectivity index (χ0v) is 12.0. The predicted octanol–water partition coefficient (Wildman–Crippen LogP) is 5.02. The van der Waals surface area contributed by atoms with Gasteiger partial charge >= 0.3 is 0 Å². The van der Waals surface area contributed by atoms with E-state index in [1.165, 1.54) is 44.1 Å². The molecule has 4 atom stereocenters. The Bertz CT molecular complexity index is 525. The molecular formula is C19H24. The highest BCUT2D eigenvalue weighted by atomic mass is 14.5. The average molecular weight is 252 g/mol. The van der Waals surface area contributed by atoms with Crippen LogP contribution in [-0.2, 0) is 6.42 Å². The fourth-order valence-corrected chi connectivity index (χ4v) is 5.28. The summed E-state index contributed by atoms with van der Waals surface area (Å²) in [6.45, 7) is 6.56. The van der Waals surface area contributed by atoms with Crippen LogP contribution in [0.1, 0.15) is 54.7 Å². The Morgan fingerprint density at radius 3 is 2.58 bits per heavy atom. The van der Waals surface area contributed by atoms with Gasteiger partial charge in [0.1, 0.15) is 0 Å². The van der Waals surface area contributed by atoms with Crippen LogP contribution in [0.3, 0.4) is 0 Å². The van der Waals surface area contributed by atoms with Gasteiger partial charge in [0.2, 0.25) is 0 Å². The van der Waals surface area contributed by atoms with E-state index >= 15 is 0 Å². The third kappa shape index (κ3) is 1.72. The van der Waals surface area contributed by atoms with Gasteiger partial charge in [-0.1, -0.05) is 35.9 Å². The lowest BCUT2D eigenvalue weighted by Crippen LogP contribution is -2.34. The van der Waals surface area contributed by atoms with Crippen molar-refractivity contribution in [2.75, 3.05) is 0 Å². The molecule has 3 aliphatic rings. The Balaban J connectivity index is 1.70. The van der Waals surface area contributed by atoms with E-state index in [9.17, 15) is 0 Å². The van der Waals surface area contributed by atoms with Crippen LogP contribution >= 0.6 is 0 Å². The number of benzene rings is 1. The molecule has 0 heterocycles. The normalized spacial score (nSPS) is 36.6. The lowest BCUT2D eigenvalue weighted by atomic mass is 9.60. The number of allylic oxidation sites excluding steroid dienone is 1. The van der Waals surface area contributed by atoms with E-state index in [1.54, 1.807) is 16.7 Å². The third-order valence-electron chi connectivity index (χ3n) is 6.14. The molecule has 0 amide bonds. The molecule has 4 rings (SSSR count). The summed E-state index contributed by atoms with van der Waals surface area (Å²) in [6.07, 6.45) is 8.27. The maximum atomic E-state index is 4.33. The first-order chi connectivity index (χ1) is 9.24. The second kappa shape index (κ2) is 4.23. The molecule has 0 N–H and O–H groups in total. The Morgan fingerprint density at radius 2 is 1.68 bits per heavy atom. The summed E-state index contributed by atoms with van der Waals surface area (Å²) in [5, 5.41) is 0. The number of aryl methyl sites for hydroxylation is 2. The van der Waals surface area contributed by atoms with Gasteiger partial charge in [0, 0.05) is 0 Å². The number of rotatable bonds is 0. The molecule has 2 saturated carbocycles. The van der Waals surface area contributed by atoms with Crippen molar-refractivity contribution in [2.24, 2.45) is 17.8 Å². The molecular weight excluding hydrogens is 228 g/mol. The SMILES string of the molecule is C=C1CCC2C1CCC1c3ccc(C)cc3CCC12. The number of hydrogen-bond acceptors (Lipinski definition) is 0. The highest BCUT2D eigenvalue weighted by Gasteiger charge is 2.45. The van der Waals surface area contributed by atoms with Crippen LogP contribution < -0.4 is 0 Å². The minimum Gasteiger partial charge on any atom is -0.0996 e. The van der Waals surface area contributed by atoms with E-state index in [0.29, 0.717) is 0 Å². The molecule has 3 aliphatic carbocycles. The predicted molar refractivity (Wildman–Crippen MR) is 80.3 cm³/mol. The molecule has 100 valence electrons. The molecule has 0 heteroatoms. The molecule has 0 saturated heterocycles. The Morgan fingerprint density at radius 1 is 0.947 bits per heavy atom. The molecule has 0 spiro atoms. The summed E-state index contributed by atoms with van der Waals surface area (Å²) < 4.78 is 0. The fraction of sp³-hybridized carbons (Fsp3) is 0.579. The third-order valence-corrected chi connectivity index (χ3v) is 6.14. The van der Waals surface area contributed by atoms with Crippen molar-refractivity contribution in [1.29, 1.82) is 0 Å². The van der Waals surface area contributed by atoms with Crippen molar-refractivity contribution in [1.82, 2.24) is 0 Å². The lowest BCUT2D eigenvalue weighted by molar-refractivity contribution is 0.149. The van der Waals surface area contributed by atoms with E-state index in [4.69, 9.17) is 0 Å². The quantitative estimate of drug-likeness (QED) is 0.569. The lowest BCUT2D eigenvalue weighted by Gasteiger charge is -2.44. The maximum Gasteiger partial charge on any atom is -0.0128 e. The first-order valence-electron chi connectivity index (χ1n) is 8.01. The van der Waals surface area contributed by atoms with Gasteiger partial charge in [-0.05, 0) is 80.2 Å². The molecule has 0 aromatic heterocycles. The van der Waals surface area contributed by atoms with Crippen LogP contribution in [0.5, 0.6) is 0 Å². The van der Waals surface area contributed by atoms with E-state index in [1.807, 2.05) is 0 Å². The van der Waals surface area contributed by atoms with Crippen molar-refractivity contribution in [2.45, 2.75) is 51.4 Å². The van der Waals surface area contributed by atoms with Crippen LogP contribution in [0.25, 0.3) is 0 Å². The largest absolute Gasteiger partial charge is 0.0996 e. The van der Waals surface area contributed by atoms with E-state index < -0.39 is 0 Å². The average Bonchev–Trinajstić information content (AvgIpc) is 2.80. The first-order valence-corrected chi connectivity index (χ1v) is 8.01. The zero-order valence-electron chi connectivity index (χ0n) is 12.0. The summed E-state index contributed by atoms with van der Waals surface area (Å²) in [5.41, 5.74) is 6.34. The van der Waals surface area contributed by atoms with Gasteiger partial charge in [0.15, 0.2) is 0 Å². The summed E-state index contributed by atoms with van der Waals surface area (Å²) in [6, 6.07) is 7.19. The van der Waals surface area contributed by atoms with Gasteiger partial charge in [-0.3, -0.25) is 0 Å². The van der Waals surface area contributed by atoms with Crippen molar-refractivity contribution in [3.05, 3.63) is 47.0 Å². The highest BCUT2D eigenvalue weighted by molar-refractivity contribution is 5.38. The van der Waals surface area contributed by atoms with Crippen molar-refractivity contribution in [3.8, 4) is 0 Å². The van der Waals surface area contributed by atoms with Crippen molar-refractivity contribution in [3.63, 3.8) is 0 Å². The van der Waals surface area contributed by atoms with Gasteiger partial charge in [-0.15, -0.1) is 0 Å². The van der Waals surface area contributed by atoms with Crippen molar-refractivity contribution >= 4 is 0 Å². The van der Waals surface area contributed by atoms with Crippen LogP contribution in [0.2, 0.25) is 0 Å². The molecule has 0 aliphatic heterocycles. The molecule has 1 aromatic rings. The Kier molecular flexibility index (Phi) is 2.62. The van der Waals surface area contributed by atoms with Gasteiger partial charge in [0.05, 0.1) is 0 Å². The summed E-state index contributed by atoms with van der Waals surface area (Å²) in [7, 11) is 0. The van der Waals surface area contributed by atoms with Gasteiger partial charge in [-0.25, -0.2) is 0 Å². The Hall–Kier alpha value is -1.04. The van der Waals surface area contributed by atoms with E-state index in [-0.39, 0.29) is 0 Å². The topological polar surface area (TPSA) is 0 Å².